The molecule has 1 aliphatic heterocycles. The molecule has 0 saturated carbocycles. The zero-order valence-electron chi connectivity index (χ0n) is 16.3. The summed E-state index contributed by atoms with van der Waals surface area (Å²) in [5, 5.41) is 5.34. The van der Waals surface area contributed by atoms with Gasteiger partial charge in [0.05, 0.1) is 36.3 Å². The number of urea groups is 1. The molecule has 9 heteroatoms. The third-order valence-electron chi connectivity index (χ3n) is 4.02. The highest BCUT2D eigenvalue weighted by Crippen LogP contribution is 2.40. The van der Waals surface area contributed by atoms with Crippen LogP contribution in [-0.2, 0) is 14.3 Å². The Hall–Kier alpha value is -2.74. The molecule has 2 rings (SSSR count). The van der Waals surface area contributed by atoms with Gasteiger partial charge in [-0.2, -0.15) is 0 Å². The quantitative estimate of drug-likeness (QED) is 0.551. The number of rotatable bonds is 6. The van der Waals surface area contributed by atoms with Gasteiger partial charge in [-0.3, -0.25) is 4.79 Å². The highest BCUT2D eigenvalue weighted by Gasteiger charge is 2.33. The van der Waals surface area contributed by atoms with E-state index in [0.29, 0.717) is 11.3 Å². The van der Waals surface area contributed by atoms with Gasteiger partial charge in [0.15, 0.2) is 11.5 Å². The molecule has 1 aromatic carbocycles. The Kier molecular flexibility index (Phi) is 6.90. The summed E-state index contributed by atoms with van der Waals surface area (Å²) in [6, 6.07) is 1.78. The van der Waals surface area contributed by atoms with E-state index in [1.807, 2.05) is 0 Å². The first-order valence-electron chi connectivity index (χ1n) is 8.74. The van der Waals surface area contributed by atoms with E-state index in [2.05, 4.69) is 10.6 Å². The molecule has 2 N–H and O–H groups in total. The Morgan fingerprint density at radius 2 is 1.96 bits per heavy atom. The van der Waals surface area contributed by atoms with Gasteiger partial charge in [-0.1, -0.05) is 25.4 Å². The number of esters is 2. The third kappa shape index (κ3) is 4.56. The van der Waals surface area contributed by atoms with Crippen molar-refractivity contribution in [2.75, 3.05) is 13.7 Å². The van der Waals surface area contributed by atoms with Crippen molar-refractivity contribution in [2.24, 2.45) is 5.92 Å². The summed E-state index contributed by atoms with van der Waals surface area (Å²) < 4.78 is 15.7. The maximum Gasteiger partial charge on any atom is 0.338 e. The largest absolute Gasteiger partial charge is 0.493 e. The van der Waals surface area contributed by atoms with Crippen LogP contribution in [-0.4, -0.2) is 31.7 Å². The van der Waals surface area contributed by atoms with Crippen LogP contribution in [0.4, 0.5) is 4.79 Å². The Morgan fingerprint density at radius 3 is 2.54 bits per heavy atom. The van der Waals surface area contributed by atoms with Crippen LogP contribution in [0.3, 0.4) is 0 Å². The predicted octanol–water partition coefficient (Wildman–Crippen LogP) is 3.10. The van der Waals surface area contributed by atoms with E-state index in [1.165, 1.54) is 13.2 Å². The summed E-state index contributed by atoms with van der Waals surface area (Å²) in [5.74, 6) is -1.12. The second-order valence-electron chi connectivity index (χ2n) is 6.40. The molecule has 1 heterocycles. The molecule has 1 unspecified atom stereocenters. The second-order valence-corrected chi connectivity index (χ2v) is 6.81. The maximum atomic E-state index is 12.4. The number of hydrogen-bond donors (Lipinski definition) is 2. The third-order valence-corrected chi connectivity index (χ3v) is 4.30. The minimum Gasteiger partial charge on any atom is -0.493 e. The minimum atomic E-state index is -0.811. The standard InChI is InChI=1S/C19H23ClN2O6/c1-6-27-18(24)14-10(4)21-19(25)22-15(14)11-7-12(20)16(13(8-11)26-5)28-17(23)9(2)3/h7-9,15H,6H2,1-5H3,(H2,21,22,25). The molecule has 28 heavy (non-hydrogen) atoms. The zero-order chi connectivity index (χ0) is 21.0. The van der Waals surface area contributed by atoms with E-state index < -0.39 is 24.0 Å². The van der Waals surface area contributed by atoms with Crippen molar-refractivity contribution in [2.45, 2.75) is 33.7 Å². The van der Waals surface area contributed by atoms with Gasteiger partial charge < -0.3 is 24.8 Å². The Balaban J connectivity index is 2.52. The van der Waals surface area contributed by atoms with Gasteiger partial charge in [-0.15, -0.1) is 0 Å². The Labute approximate surface area is 168 Å². The number of carbonyl (C=O) groups is 3. The van der Waals surface area contributed by atoms with Crippen LogP contribution in [0, 0.1) is 5.92 Å². The van der Waals surface area contributed by atoms with Gasteiger partial charge in [-0.25, -0.2) is 9.59 Å². The van der Waals surface area contributed by atoms with E-state index in [-0.39, 0.29) is 34.6 Å². The van der Waals surface area contributed by atoms with Crippen molar-refractivity contribution in [3.63, 3.8) is 0 Å². The molecule has 0 bridgehead atoms. The summed E-state index contributed by atoms with van der Waals surface area (Å²) in [6.07, 6.45) is 0. The van der Waals surface area contributed by atoms with Crippen LogP contribution >= 0.6 is 11.6 Å². The first-order valence-corrected chi connectivity index (χ1v) is 9.11. The Morgan fingerprint density at radius 1 is 1.29 bits per heavy atom. The zero-order valence-corrected chi connectivity index (χ0v) is 17.1. The average Bonchev–Trinajstić information content (AvgIpc) is 2.62. The molecule has 1 aliphatic rings. The van der Waals surface area contributed by atoms with E-state index >= 15 is 0 Å². The molecule has 0 radical (unpaired) electrons. The topological polar surface area (TPSA) is 103 Å². The molecule has 1 aromatic rings. The van der Waals surface area contributed by atoms with Crippen LogP contribution in [0.25, 0.3) is 0 Å². The maximum absolute atomic E-state index is 12.4. The minimum absolute atomic E-state index is 0.0743. The summed E-state index contributed by atoms with van der Waals surface area (Å²) in [4.78, 5) is 36.3. The van der Waals surface area contributed by atoms with Gasteiger partial charge in [0, 0.05) is 5.70 Å². The predicted molar refractivity (Wildman–Crippen MR) is 102 cm³/mol. The lowest BCUT2D eigenvalue weighted by Gasteiger charge is -2.28. The molecule has 1 atom stereocenters. The first kappa shape index (κ1) is 21.6. The molecule has 0 aliphatic carbocycles. The lowest BCUT2D eigenvalue weighted by Crippen LogP contribution is -2.45. The fourth-order valence-electron chi connectivity index (χ4n) is 2.65. The van der Waals surface area contributed by atoms with E-state index in [1.54, 1.807) is 33.8 Å². The average molecular weight is 411 g/mol. The number of hydrogen-bond acceptors (Lipinski definition) is 6. The van der Waals surface area contributed by atoms with Crippen molar-refractivity contribution < 1.29 is 28.6 Å². The van der Waals surface area contributed by atoms with Crippen molar-refractivity contribution in [3.05, 3.63) is 34.0 Å². The fourth-order valence-corrected chi connectivity index (χ4v) is 2.90. The molecule has 0 fully saturated rings. The van der Waals surface area contributed by atoms with Crippen molar-refractivity contribution >= 4 is 29.6 Å². The van der Waals surface area contributed by atoms with E-state index in [0.717, 1.165) is 0 Å². The summed E-state index contributed by atoms with van der Waals surface area (Å²) in [7, 11) is 1.40. The van der Waals surface area contributed by atoms with Crippen LogP contribution in [0.1, 0.15) is 39.3 Å². The number of allylic oxidation sites excluding steroid dienone is 1. The monoisotopic (exact) mass is 410 g/mol. The summed E-state index contributed by atoms with van der Waals surface area (Å²) in [5.41, 5.74) is 1.09. The molecule has 152 valence electrons. The van der Waals surface area contributed by atoms with Gasteiger partial charge in [0.25, 0.3) is 0 Å². The molecular formula is C19H23ClN2O6. The summed E-state index contributed by atoms with van der Waals surface area (Å²) >= 11 is 6.32. The number of ether oxygens (including phenoxy) is 3. The normalized spacial score (nSPS) is 16.4. The number of amides is 2. The SMILES string of the molecule is CCOC(=O)C1=C(C)NC(=O)NC1c1cc(Cl)c(OC(=O)C(C)C)c(OC)c1. The smallest absolute Gasteiger partial charge is 0.338 e. The summed E-state index contributed by atoms with van der Waals surface area (Å²) in [6.45, 7) is 6.87. The number of nitrogens with one attached hydrogen (secondary N) is 2. The van der Waals surface area contributed by atoms with Gasteiger partial charge >= 0.3 is 18.0 Å². The molecule has 0 saturated heterocycles. The highest BCUT2D eigenvalue weighted by atomic mass is 35.5. The van der Waals surface area contributed by atoms with Crippen LogP contribution in [0.2, 0.25) is 5.02 Å². The first-order chi connectivity index (χ1) is 13.2. The number of halogens is 1. The molecular weight excluding hydrogens is 388 g/mol. The van der Waals surface area contributed by atoms with Crippen molar-refractivity contribution in [1.29, 1.82) is 0 Å². The fraction of sp³-hybridized carbons (Fsp3) is 0.421. The van der Waals surface area contributed by atoms with Crippen LogP contribution in [0.5, 0.6) is 11.5 Å². The molecule has 2 amide bonds. The van der Waals surface area contributed by atoms with E-state index in [9.17, 15) is 14.4 Å². The lowest BCUT2D eigenvalue weighted by molar-refractivity contribution is -0.139. The highest BCUT2D eigenvalue weighted by molar-refractivity contribution is 6.32. The number of benzene rings is 1. The molecule has 0 aromatic heterocycles. The molecule has 8 nitrogen and oxygen atoms in total. The Bertz CT molecular complexity index is 834. The van der Waals surface area contributed by atoms with Gasteiger partial charge in [0.2, 0.25) is 0 Å². The van der Waals surface area contributed by atoms with E-state index in [4.69, 9.17) is 25.8 Å². The second kappa shape index (κ2) is 8.97. The van der Waals surface area contributed by atoms with Crippen LogP contribution in [0.15, 0.2) is 23.4 Å². The van der Waals surface area contributed by atoms with Crippen molar-refractivity contribution in [3.8, 4) is 11.5 Å². The van der Waals surface area contributed by atoms with Gasteiger partial charge in [0.1, 0.15) is 0 Å². The number of methoxy groups -OCH3 is 1. The van der Waals surface area contributed by atoms with Gasteiger partial charge in [-0.05, 0) is 31.5 Å². The van der Waals surface area contributed by atoms with Crippen LogP contribution < -0.4 is 20.1 Å². The molecule has 0 spiro atoms. The van der Waals surface area contributed by atoms with Crippen molar-refractivity contribution in [1.82, 2.24) is 10.6 Å². The number of carbonyl (C=O) groups excluding carboxylic acids is 3. The lowest BCUT2D eigenvalue weighted by atomic mass is 9.95.